The van der Waals surface area contributed by atoms with Crippen LogP contribution >= 0.6 is 22.6 Å². The van der Waals surface area contributed by atoms with Crippen molar-refractivity contribution in [3.63, 3.8) is 0 Å². The average molecular weight is 542 g/mol. The second-order valence-corrected chi connectivity index (χ2v) is 8.05. The minimum absolute atomic E-state index is 0.187. The fourth-order valence-electron chi connectivity index (χ4n) is 2.95. The Morgan fingerprint density at radius 1 is 1.19 bits per heavy atom. The lowest BCUT2D eigenvalue weighted by Crippen LogP contribution is -2.20. The minimum atomic E-state index is -0.471. The highest BCUT2D eigenvalue weighted by molar-refractivity contribution is 14.1. The SMILES string of the molecule is COc1cc(/C=C(/C#N)c2ccccc2F)cc(I)c1OCC(=O)Nc1ccc(C)cc1. The second-order valence-electron chi connectivity index (χ2n) is 6.89. The molecule has 0 aliphatic rings. The molecule has 1 amide bonds. The van der Waals surface area contributed by atoms with Gasteiger partial charge in [0.15, 0.2) is 18.1 Å². The van der Waals surface area contributed by atoms with E-state index in [1.165, 1.54) is 13.2 Å². The third-order valence-electron chi connectivity index (χ3n) is 4.53. The molecule has 0 aliphatic carbocycles. The summed E-state index contributed by atoms with van der Waals surface area (Å²) in [5.74, 6) is 0.0364. The first-order chi connectivity index (χ1) is 15.4. The molecule has 5 nitrogen and oxygen atoms in total. The van der Waals surface area contributed by atoms with Gasteiger partial charge in [0.1, 0.15) is 5.82 Å². The Morgan fingerprint density at radius 2 is 1.91 bits per heavy atom. The fourth-order valence-corrected chi connectivity index (χ4v) is 3.73. The molecule has 0 fully saturated rings. The van der Waals surface area contributed by atoms with E-state index in [2.05, 4.69) is 27.9 Å². The number of amides is 1. The van der Waals surface area contributed by atoms with Crippen LogP contribution in [0, 0.1) is 27.6 Å². The first-order valence-electron chi connectivity index (χ1n) is 9.65. The Kier molecular flexibility index (Phi) is 7.84. The molecule has 3 aromatic carbocycles. The van der Waals surface area contributed by atoms with E-state index in [1.807, 2.05) is 37.3 Å². The number of benzene rings is 3. The zero-order valence-electron chi connectivity index (χ0n) is 17.5. The molecule has 0 heterocycles. The topological polar surface area (TPSA) is 71.3 Å². The number of anilines is 1. The van der Waals surface area contributed by atoms with Crippen LogP contribution in [-0.2, 0) is 4.79 Å². The van der Waals surface area contributed by atoms with Gasteiger partial charge in [-0.15, -0.1) is 0 Å². The van der Waals surface area contributed by atoms with Gasteiger partial charge < -0.3 is 14.8 Å². The number of ether oxygens (including phenoxy) is 2. The van der Waals surface area contributed by atoms with Crippen molar-refractivity contribution < 1.29 is 18.7 Å². The third kappa shape index (κ3) is 5.86. The van der Waals surface area contributed by atoms with Crippen molar-refractivity contribution in [3.8, 4) is 17.6 Å². The summed E-state index contributed by atoms with van der Waals surface area (Å²) in [4.78, 5) is 12.3. The maximum Gasteiger partial charge on any atom is 0.262 e. The van der Waals surface area contributed by atoms with Crippen molar-refractivity contribution in [1.82, 2.24) is 0 Å². The van der Waals surface area contributed by atoms with Crippen molar-refractivity contribution in [2.45, 2.75) is 6.92 Å². The van der Waals surface area contributed by atoms with Crippen LogP contribution in [0.3, 0.4) is 0 Å². The van der Waals surface area contributed by atoms with Gasteiger partial charge in [-0.2, -0.15) is 5.26 Å². The highest BCUT2D eigenvalue weighted by Crippen LogP contribution is 2.35. The van der Waals surface area contributed by atoms with E-state index in [1.54, 1.807) is 36.4 Å². The molecule has 32 heavy (non-hydrogen) atoms. The van der Waals surface area contributed by atoms with Crippen LogP contribution in [0.5, 0.6) is 11.5 Å². The van der Waals surface area contributed by atoms with Crippen LogP contribution in [0.25, 0.3) is 11.6 Å². The van der Waals surface area contributed by atoms with Gasteiger partial charge in [-0.25, -0.2) is 4.39 Å². The summed E-state index contributed by atoms with van der Waals surface area (Å²) >= 11 is 2.07. The largest absolute Gasteiger partial charge is 0.493 e. The van der Waals surface area contributed by atoms with Gasteiger partial charge in [-0.3, -0.25) is 4.79 Å². The summed E-state index contributed by atoms with van der Waals surface area (Å²) in [5.41, 5.74) is 2.83. The lowest BCUT2D eigenvalue weighted by molar-refractivity contribution is -0.118. The van der Waals surface area contributed by atoms with Crippen LogP contribution in [0.1, 0.15) is 16.7 Å². The molecule has 0 bridgehead atoms. The fraction of sp³-hybridized carbons (Fsp3) is 0.120. The van der Waals surface area contributed by atoms with Crippen molar-refractivity contribution in [1.29, 1.82) is 5.26 Å². The Balaban J connectivity index is 1.79. The number of nitrogens with one attached hydrogen (secondary N) is 1. The summed E-state index contributed by atoms with van der Waals surface area (Å²) in [7, 11) is 1.49. The normalized spacial score (nSPS) is 10.9. The van der Waals surface area contributed by atoms with Gasteiger partial charge >= 0.3 is 0 Å². The number of aryl methyl sites for hydroxylation is 1. The van der Waals surface area contributed by atoms with Gasteiger partial charge in [0.05, 0.1) is 22.3 Å². The summed E-state index contributed by atoms with van der Waals surface area (Å²) in [6, 6.07) is 19.0. The number of nitrogens with zero attached hydrogens (tertiary/aromatic N) is 1. The number of carbonyl (C=O) groups excluding carboxylic acids is 1. The first kappa shape index (κ1) is 23.3. The Morgan fingerprint density at radius 3 is 2.56 bits per heavy atom. The van der Waals surface area contributed by atoms with E-state index in [0.717, 1.165) is 5.56 Å². The number of hydrogen-bond acceptors (Lipinski definition) is 4. The summed E-state index contributed by atoms with van der Waals surface area (Å²) < 4.78 is 25.9. The van der Waals surface area contributed by atoms with E-state index < -0.39 is 5.82 Å². The van der Waals surface area contributed by atoms with E-state index in [-0.39, 0.29) is 23.7 Å². The molecule has 0 aliphatic heterocycles. The Hall–Kier alpha value is -3.38. The van der Waals surface area contributed by atoms with E-state index in [9.17, 15) is 14.4 Å². The smallest absolute Gasteiger partial charge is 0.262 e. The number of carbonyl (C=O) groups is 1. The Bertz CT molecular complexity index is 1200. The maximum atomic E-state index is 14.1. The predicted octanol–water partition coefficient (Wildman–Crippen LogP) is 5.83. The molecule has 0 atom stereocenters. The summed E-state index contributed by atoms with van der Waals surface area (Å²) in [5, 5.41) is 12.3. The zero-order chi connectivity index (χ0) is 23.1. The monoisotopic (exact) mass is 542 g/mol. The van der Waals surface area contributed by atoms with Gasteiger partial charge in [0.25, 0.3) is 5.91 Å². The number of nitriles is 1. The highest BCUT2D eigenvalue weighted by Gasteiger charge is 2.14. The molecule has 0 saturated carbocycles. The van der Waals surface area contributed by atoms with E-state index >= 15 is 0 Å². The molecule has 0 unspecified atom stereocenters. The van der Waals surface area contributed by atoms with Crippen molar-refractivity contribution in [2.24, 2.45) is 0 Å². The van der Waals surface area contributed by atoms with Crippen molar-refractivity contribution >= 4 is 45.8 Å². The van der Waals surface area contributed by atoms with Crippen molar-refractivity contribution in [3.05, 3.63) is 86.7 Å². The molecule has 3 aromatic rings. The lowest BCUT2D eigenvalue weighted by Gasteiger charge is -2.14. The second kappa shape index (κ2) is 10.8. The molecule has 7 heteroatoms. The standard InChI is InChI=1S/C25H20FIN2O3/c1-16-7-9-19(10-8-16)29-24(30)15-32-25-22(27)12-17(13-23(25)31-2)11-18(14-28)20-5-3-4-6-21(20)26/h3-13H,15H2,1-2H3,(H,29,30)/b18-11-. The molecular formula is C25H20FIN2O3. The highest BCUT2D eigenvalue weighted by atomic mass is 127. The molecule has 0 spiro atoms. The van der Waals surface area contributed by atoms with E-state index in [0.29, 0.717) is 26.3 Å². The number of methoxy groups -OCH3 is 1. The van der Waals surface area contributed by atoms with Gasteiger partial charge in [-0.05, 0) is 71.5 Å². The molecule has 0 aromatic heterocycles. The average Bonchev–Trinajstić information content (AvgIpc) is 2.78. The van der Waals surface area contributed by atoms with Crippen LogP contribution in [-0.4, -0.2) is 19.6 Å². The van der Waals surface area contributed by atoms with Crippen LogP contribution in [0.15, 0.2) is 60.7 Å². The summed E-state index contributed by atoms with van der Waals surface area (Å²) in [6.07, 6.45) is 1.58. The van der Waals surface area contributed by atoms with Crippen LogP contribution in [0.4, 0.5) is 10.1 Å². The maximum absolute atomic E-state index is 14.1. The van der Waals surface area contributed by atoms with Crippen LogP contribution < -0.4 is 14.8 Å². The molecule has 1 N–H and O–H groups in total. The van der Waals surface area contributed by atoms with Crippen molar-refractivity contribution in [2.75, 3.05) is 19.0 Å². The Labute approximate surface area is 199 Å². The first-order valence-corrected chi connectivity index (χ1v) is 10.7. The molecule has 3 rings (SSSR count). The van der Waals surface area contributed by atoms with Gasteiger partial charge in [-0.1, -0.05) is 35.9 Å². The number of rotatable bonds is 7. The number of halogens is 2. The van der Waals surface area contributed by atoms with Crippen LogP contribution in [0.2, 0.25) is 0 Å². The third-order valence-corrected chi connectivity index (χ3v) is 5.33. The number of hydrogen-bond donors (Lipinski definition) is 1. The number of allylic oxidation sites excluding steroid dienone is 1. The lowest BCUT2D eigenvalue weighted by atomic mass is 10.0. The minimum Gasteiger partial charge on any atom is -0.493 e. The van der Waals surface area contributed by atoms with Gasteiger partial charge in [0.2, 0.25) is 0 Å². The molecular weight excluding hydrogens is 522 g/mol. The zero-order valence-corrected chi connectivity index (χ0v) is 19.6. The predicted molar refractivity (Wildman–Crippen MR) is 131 cm³/mol. The summed E-state index contributed by atoms with van der Waals surface area (Å²) in [6.45, 7) is 1.77. The molecule has 162 valence electrons. The molecule has 0 saturated heterocycles. The van der Waals surface area contributed by atoms with Gasteiger partial charge in [0, 0.05) is 11.3 Å². The quantitative estimate of drug-likeness (QED) is 0.232. The molecule has 0 radical (unpaired) electrons. The van der Waals surface area contributed by atoms with E-state index in [4.69, 9.17) is 9.47 Å².